The molecular weight excluding hydrogens is 311 g/mol. The van der Waals surface area contributed by atoms with Gasteiger partial charge in [-0.3, -0.25) is 14.5 Å². The zero-order valence-electron chi connectivity index (χ0n) is 12.2. The predicted molar refractivity (Wildman–Crippen MR) is 80.6 cm³/mol. The van der Waals surface area contributed by atoms with E-state index in [-0.39, 0.29) is 29.2 Å². The average Bonchev–Trinajstić information content (AvgIpc) is 2.39. The predicted octanol–water partition coefficient (Wildman–Crippen LogP) is 2.15. The van der Waals surface area contributed by atoms with Gasteiger partial charge >= 0.3 is 5.97 Å². The van der Waals surface area contributed by atoms with Crippen LogP contribution in [0.5, 0.6) is 0 Å². The molecule has 120 valence electrons. The van der Waals surface area contributed by atoms with Gasteiger partial charge in [0.25, 0.3) is 5.91 Å². The fourth-order valence-corrected chi connectivity index (χ4v) is 2.90. The van der Waals surface area contributed by atoms with E-state index in [2.05, 4.69) is 5.32 Å². The van der Waals surface area contributed by atoms with Crippen LogP contribution in [-0.2, 0) is 4.79 Å². The van der Waals surface area contributed by atoms with E-state index in [0.717, 1.165) is 0 Å². The average molecular weight is 329 g/mol. The van der Waals surface area contributed by atoms with Crippen LogP contribution in [0.1, 0.15) is 30.1 Å². The number of likely N-dealkylation sites (N-methyl/N-ethyl adjacent to an activating group) is 1. The van der Waals surface area contributed by atoms with Crippen molar-refractivity contribution < 1.29 is 19.1 Å². The lowest BCUT2D eigenvalue weighted by molar-refractivity contribution is -0.139. The van der Waals surface area contributed by atoms with Crippen molar-refractivity contribution in [2.45, 2.75) is 31.8 Å². The molecule has 0 spiro atoms. The van der Waals surface area contributed by atoms with Crippen LogP contribution in [0.25, 0.3) is 0 Å². The molecule has 0 radical (unpaired) electrons. The van der Waals surface area contributed by atoms with Gasteiger partial charge in [-0.15, -0.1) is 0 Å². The first-order valence-corrected chi connectivity index (χ1v) is 7.50. The van der Waals surface area contributed by atoms with Gasteiger partial charge in [-0.2, -0.15) is 0 Å². The Kier molecular flexibility index (Phi) is 5.37. The molecule has 5 nitrogen and oxygen atoms in total. The SMILES string of the molecule is CCN(CC(=O)O)C1CC(NC(=O)c2c(F)cccc2Cl)C1. The van der Waals surface area contributed by atoms with E-state index < -0.39 is 17.7 Å². The summed E-state index contributed by atoms with van der Waals surface area (Å²) in [6, 6.07) is 4.14. The van der Waals surface area contributed by atoms with Crippen LogP contribution in [0.2, 0.25) is 5.02 Å². The molecular formula is C15H18ClFN2O3. The van der Waals surface area contributed by atoms with Gasteiger partial charge in [-0.05, 0) is 31.5 Å². The normalized spacial score (nSPS) is 20.5. The second-order valence-corrected chi connectivity index (χ2v) is 5.76. The van der Waals surface area contributed by atoms with Crippen molar-refractivity contribution in [1.82, 2.24) is 10.2 Å². The van der Waals surface area contributed by atoms with Crippen molar-refractivity contribution in [3.8, 4) is 0 Å². The van der Waals surface area contributed by atoms with Crippen molar-refractivity contribution in [2.24, 2.45) is 0 Å². The van der Waals surface area contributed by atoms with Crippen molar-refractivity contribution in [1.29, 1.82) is 0 Å². The first-order chi connectivity index (χ1) is 10.4. The number of carboxylic acids is 1. The second kappa shape index (κ2) is 7.07. The highest BCUT2D eigenvalue weighted by Crippen LogP contribution is 2.27. The molecule has 1 aliphatic carbocycles. The zero-order valence-corrected chi connectivity index (χ0v) is 12.9. The van der Waals surface area contributed by atoms with E-state index in [1.807, 2.05) is 11.8 Å². The topological polar surface area (TPSA) is 69.6 Å². The van der Waals surface area contributed by atoms with Crippen molar-refractivity contribution in [2.75, 3.05) is 13.1 Å². The lowest BCUT2D eigenvalue weighted by Gasteiger charge is -2.42. The number of hydrogen-bond donors (Lipinski definition) is 2. The molecule has 2 N–H and O–H groups in total. The van der Waals surface area contributed by atoms with E-state index >= 15 is 0 Å². The Labute approximate surface area is 133 Å². The number of carboxylic acid groups (broad SMARTS) is 1. The first kappa shape index (κ1) is 16.7. The lowest BCUT2D eigenvalue weighted by atomic mass is 9.85. The minimum absolute atomic E-state index is 0.0129. The molecule has 1 fully saturated rings. The number of halogens is 2. The van der Waals surface area contributed by atoms with Crippen molar-refractivity contribution in [3.05, 3.63) is 34.6 Å². The third kappa shape index (κ3) is 3.75. The Balaban J connectivity index is 1.90. The largest absolute Gasteiger partial charge is 0.480 e. The van der Waals surface area contributed by atoms with Gasteiger partial charge in [-0.25, -0.2) is 4.39 Å². The van der Waals surface area contributed by atoms with Crippen LogP contribution in [0.4, 0.5) is 4.39 Å². The number of nitrogens with zero attached hydrogens (tertiary/aromatic N) is 1. The summed E-state index contributed by atoms with van der Waals surface area (Å²) in [5, 5.41) is 11.7. The number of aliphatic carboxylic acids is 1. The number of rotatable bonds is 6. The molecule has 2 rings (SSSR count). The summed E-state index contributed by atoms with van der Waals surface area (Å²) in [4.78, 5) is 24.7. The summed E-state index contributed by atoms with van der Waals surface area (Å²) < 4.78 is 13.7. The van der Waals surface area contributed by atoms with Gasteiger partial charge in [0, 0.05) is 12.1 Å². The molecule has 1 aromatic carbocycles. The van der Waals surface area contributed by atoms with Crippen LogP contribution in [0.15, 0.2) is 18.2 Å². The molecule has 7 heteroatoms. The van der Waals surface area contributed by atoms with Crippen LogP contribution in [-0.4, -0.2) is 47.1 Å². The molecule has 1 amide bonds. The van der Waals surface area contributed by atoms with E-state index in [0.29, 0.717) is 19.4 Å². The van der Waals surface area contributed by atoms with Crippen LogP contribution < -0.4 is 5.32 Å². The smallest absolute Gasteiger partial charge is 0.317 e. The summed E-state index contributed by atoms with van der Waals surface area (Å²) in [6.07, 6.45) is 1.30. The van der Waals surface area contributed by atoms with Crippen LogP contribution in [0.3, 0.4) is 0 Å². The molecule has 1 saturated carbocycles. The molecule has 1 aromatic rings. The first-order valence-electron chi connectivity index (χ1n) is 7.13. The summed E-state index contributed by atoms with van der Waals surface area (Å²) >= 11 is 5.85. The number of hydrogen-bond acceptors (Lipinski definition) is 3. The van der Waals surface area contributed by atoms with Crippen molar-refractivity contribution in [3.63, 3.8) is 0 Å². The summed E-state index contributed by atoms with van der Waals surface area (Å²) in [5.41, 5.74) is -0.148. The fraction of sp³-hybridized carbons (Fsp3) is 0.467. The number of nitrogens with one attached hydrogen (secondary N) is 1. The molecule has 0 unspecified atom stereocenters. The Morgan fingerprint density at radius 2 is 2.14 bits per heavy atom. The Morgan fingerprint density at radius 1 is 1.45 bits per heavy atom. The highest BCUT2D eigenvalue weighted by molar-refractivity contribution is 6.33. The quantitative estimate of drug-likeness (QED) is 0.839. The lowest BCUT2D eigenvalue weighted by Crippen LogP contribution is -2.54. The number of benzene rings is 1. The van der Waals surface area contributed by atoms with Gasteiger partial charge in [0.2, 0.25) is 0 Å². The van der Waals surface area contributed by atoms with Crippen LogP contribution >= 0.6 is 11.6 Å². The molecule has 0 atom stereocenters. The number of carbonyl (C=O) groups excluding carboxylic acids is 1. The molecule has 22 heavy (non-hydrogen) atoms. The van der Waals surface area contributed by atoms with E-state index in [1.165, 1.54) is 18.2 Å². The minimum Gasteiger partial charge on any atom is -0.480 e. The van der Waals surface area contributed by atoms with Gasteiger partial charge in [0.05, 0.1) is 17.1 Å². The summed E-state index contributed by atoms with van der Waals surface area (Å²) in [5.74, 6) is -2.05. The number of amides is 1. The molecule has 0 aliphatic heterocycles. The van der Waals surface area contributed by atoms with Gasteiger partial charge in [0.15, 0.2) is 0 Å². The maximum Gasteiger partial charge on any atom is 0.317 e. The molecule has 0 aromatic heterocycles. The Hall–Kier alpha value is -1.66. The van der Waals surface area contributed by atoms with Gasteiger partial charge in [0.1, 0.15) is 5.82 Å². The Bertz CT molecular complexity index is 556. The van der Waals surface area contributed by atoms with E-state index in [9.17, 15) is 14.0 Å². The fourth-order valence-electron chi connectivity index (χ4n) is 2.65. The third-order valence-corrected chi connectivity index (χ3v) is 4.21. The molecule has 0 heterocycles. The van der Waals surface area contributed by atoms with E-state index in [4.69, 9.17) is 16.7 Å². The highest BCUT2D eigenvalue weighted by atomic mass is 35.5. The molecule has 0 saturated heterocycles. The maximum absolute atomic E-state index is 13.7. The minimum atomic E-state index is -0.868. The van der Waals surface area contributed by atoms with Gasteiger partial charge < -0.3 is 10.4 Å². The summed E-state index contributed by atoms with van der Waals surface area (Å²) in [6.45, 7) is 2.52. The second-order valence-electron chi connectivity index (χ2n) is 5.35. The molecule has 1 aliphatic rings. The van der Waals surface area contributed by atoms with Crippen LogP contribution in [0, 0.1) is 5.82 Å². The molecule has 0 bridgehead atoms. The standard InChI is InChI=1S/C15H18ClFN2O3/c1-2-19(8-13(20)21)10-6-9(7-10)18-15(22)14-11(16)4-3-5-12(14)17/h3-5,9-10H,2,6-8H2,1H3,(H,18,22)(H,20,21). The third-order valence-electron chi connectivity index (χ3n) is 3.90. The zero-order chi connectivity index (χ0) is 16.3. The van der Waals surface area contributed by atoms with Gasteiger partial charge in [-0.1, -0.05) is 24.6 Å². The Morgan fingerprint density at radius 3 is 2.68 bits per heavy atom. The van der Waals surface area contributed by atoms with Crippen molar-refractivity contribution >= 4 is 23.5 Å². The summed E-state index contributed by atoms with van der Waals surface area (Å²) in [7, 11) is 0. The van der Waals surface area contributed by atoms with E-state index in [1.54, 1.807) is 0 Å². The number of carbonyl (C=O) groups is 2. The highest BCUT2D eigenvalue weighted by Gasteiger charge is 2.35. The monoisotopic (exact) mass is 328 g/mol. The maximum atomic E-state index is 13.7.